The van der Waals surface area contributed by atoms with Gasteiger partial charge in [0, 0.05) is 30.1 Å². The number of carbonyl (C=O) groups excluding carboxylic acids is 1. The molecule has 0 spiro atoms. The Labute approximate surface area is 151 Å². The predicted octanol–water partition coefficient (Wildman–Crippen LogP) is 1.97. The quantitative estimate of drug-likeness (QED) is 0.739. The first kappa shape index (κ1) is 17.5. The highest BCUT2D eigenvalue weighted by Gasteiger charge is 2.08. The minimum absolute atomic E-state index is 0.110. The van der Waals surface area contributed by atoms with Gasteiger partial charge in [-0.2, -0.15) is 5.10 Å². The molecular formula is C20H20N4O2. The Morgan fingerprint density at radius 3 is 2.62 bits per heavy atom. The number of rotatable bonds is 6. The van der Waals surface area contributed by atoms with E-state index < -0.39 is 0 Å². The lowest BCUT2D eigenvalue weighted by atomic mass is 10.1. The molecule has 0 atom stereocenters. The molecule has 0 unspecified atom stereocenters. The third-order valence-electron chi connectivity index (χ3n) is 3.95. The largest absolute Gasteiger partial charge is 0.354 e. The van der Waals surface area contributed by atoms with Gasteiger partial charge in [-0.3, -0.25) is 14.6 Å². The molecule has 1 aromatic carbocycles. The van der Waals surface area contributed by atoms with Crippen LogP contribution in [0.2, 0.25) is 0 Å². The molecule has 0 bridgehead atoms. The number of aromatic nitrogens is 3. The molecule has 0 radical (unpaired) electrons. The van der Waals surface area contributed by atoms with Crippen LogP contribution in [-0.2, 0) is 17.8 Å². The second-order valence-corrected chi connectivity index (χ2v) is 5.99. The standard InChI is InChI=1S/C20H20N4O2/c1-15-7-8-17(13-22-15)18-9-10-20(26)24(23-18)14-19(25)21-12-11-16-5-3-2-4-6-16/h2-10,13H,11-12,14H2,1H3,(H,21,25). The highest BCUT2D eigenvalue weighted by Crippen LogP contribution is 2.13. The molecular weight excluding hydrogens is 328 g/mol. The summed E-state index contributed by atoms with van der Waals surface area (Å²) in [5.74, 6) is -0.241. The van der Waals surface area contributed by atoms with Gasteiger partial charge in [-0.25, -0.2) is 4.68 Å². The van der Waals surface area contributed by atoms with E-state index in [1.165, 1.54) is 10.7 Å². The third kappa shape index (κ3) is 4.63. The minimum Gasteiger partial charge on any atom is -0.354 e. The molecule has 2 aromatic heterocycles. The lowest BCUT2D eigenvalue weighted by Crippen LogP contribution is -2.34. The van der Waals surface area contributed by atoms with Gasteiger partial charge < -0.3 is 5.32 Å². The van der Waals surface area contributed by atoms with Crippen LogP contribution in [0.4, 0.5) is 0 Å². The van der Waals surface area contributed by atoms with E-state index >= 15 is 0 Å². The molecule has 6 nitrogen and oxygen atoms in total. The first-order valence-electron chi connectivity index (χ1n) is 8.43. The van der Waals surface area contributed by atoms with Gasteiger partial charge >= 0.3 is 0 Å². The van der Waals surface area contributed by atoms with Crippen molar-refractivity contribution in [3.8, 4) is 11.3 Å². The van der Waals surface area contributed by atoms with Crippen LogP contribution in [-0.4, -0.2) is 27.2 Å². The van der Waals surface area contributed by atoms with Gasteiger partial charge in [0.25, 0.3) is 5.56 Å². The summed E-state index contributed by atoms with van der Waals surface area (Å²) < 4.78 is 1.17. The summed E-state index contributed by atoms with van der Waals surface area (Å²) >= 11 is 0. The van der Waals surface area contributed by atoms with Crippen LogP contribution < -0.4 is 10.9 Å². The van der Waals surface area contributed by atoms with Crippen molar-refractivity contribution in [2.75, 3.05) is 6.54 Å². The monoisotopic (exact) mass is 348 g/mol. The first-order chi connectivity index (χ1) is 12.6. The second-order valence-electron chi connectivity index (χ2n) is 5.99. The third-order valence-corrected chi connectivity index (χ3v) is 3.95. The molecule has 132 valence electrons. The van der Waals surface area contributed by atoms with E-state index in [9.17, 15) is 9.59 Å². The normalized spacial score (nSPS) is 10.5. The predicted molar refractivity (Wildman–Crippen MR) is 99.6 cm³/mol. The average molecular weight is 348 g/mol. The van der Waals surface area contributed by atoms with Crippen molar-refractivity contribution in [2.24, 2.45) is 0 Å². The van der Waals surface area contributed by atoms with Gasteiger partial charge in [-0.05, 0) is 37.1 Å². The minimum atomic E-state index is -0.313. The lowest BCUT2D eigenvalue weighted by molar-refractivity contribution is -0.121. The zero-order valence-corrected chi connectivity index (χ0v) is 14.6. The molecule has 0 saturated heterocycles. The van der Waals surface area contributed by atoms with Crippen LogP contribution in [0.5, 0.6) is 0 Å². The Bertz CT molecular complexity index is 934. The van der Waals surface area contributed by atoms with E-state index in [1.54, 1.807) is 12.3 Å². The topological polar surface area (TPSA) is 76.9 Å². The Balaban J connectivity index is 1.63. The summed E-state index contributed by atoms with van der Waals surface area (Å²) in [5.41, 5.74) is 3.15. The number of hydrogen-bond donors (Lipinski definition) is 1. The smallest absolute Gasteiger partial charge is 0.267 e. The van der Waals surface area contributed by atoms with E-state index in [2.05, 4.69) is 15.4 Å². The van der Waals surface area contributed by atoms with Crippen molar-refractivity contribution in [3.63, 3.8) is 0 Å². The summed E-state index contributed by atoms with van der Waals surface area (Å²) in [4.78, 5) is 28.3. The molecule has 6 heteroatoms. The number of amides is 1. The molecule has 0 fully saturated rings. The number of pyridine rings is 1. The summed E-state index contributed by atoms with van der Waals surface area (Å²) in [6.45, 7) is 2.30. The number of benzene rings is 1. The Morgan fingerprint density at radius 2 is 1.88 bits per heavy atom. The van der Waals surface area contributed by atoms with Gasteiger partial charge in [-0.15, -0.1) is 0 Å². The van der Waals surface area contributed by atoms with Crippen molar-refractivity contribution >= 4 is 5.91 Å². The van der Waals surface area contributed by atoms with E-state index in [-0.39, 0.29) is 18.0 Å². The van der Waals surface area contributed by atoms with Crippen LogP contribution in [0.15, 0.2) is 65.6 Å². The van der Waals surface area contributed by atoms with Crippen LogP contribution in [0.3, 0.4) is 0 Å². The SMILES string of the molecule is Cc1ccc(-c2ccc(=O)n(CC(=O)NCCc3ccccc3)n2)cn1. The van der Waals surface area contributed by atoms with Crippen molar-refractivity contribution in [3.05, 3.63) is 82.4 Å². The van der Waals surface area contributed by atoms with Crippen molar-refractivity contribution < 1.29 is 4.79 Å². The van der Waals surface area contributed by atoms with Crippen LogP contribution in [0.1, 0.15) is 11.3 Å². The van der Waals surface area contributed by atoms with E-state index in [0.717, 1.165) is 23.2 Å². The number of nitrogens with one attached hydrogen (secondary N) is 1. The fraction of sp³-hybridized carbons (Fsp3) is 0.200. The van der Waals surface area contributed by atoms with Gasteiger partial charge in [0.05, 0.1) is 5.69 Å². The highest BCUT2D eigenvalue weighted by molar-refractivity contribution is 5.75. The molecule has 0 aliphatic rings. The maximum absolute atomic E-state index is 12.1. The Hall–Kier alpha value is -3.28. The number of aryl methyl sites for hydroxylation is 1. The number of carbonyl (C=O) groups is 1. The number of nitrogens with zero attached hydrogens (tertiary/aromatic N) is 3. The van der Waals surface area contributed by atoms with Crippen molar-refractivity contribution in [2.45, 2.75) is 19.9 Å². The maximum atomic E-state index is 12.1. The zero-order valence-electron chi connectivity index (χ0n) is 14.6. The van der Waals surface area contributed by atoms with Crippen LogP contribution in [0.25, 0.3) is 11.3 Å². The van der Waals surface area contributed by atoms with Gasteiger partial charge in [0.15, 0.2) is 0 Å². The molecule has 1 N–H and O–H groups in total. The van der Waals surface area contributed by atoms with Crippen LogP contribution in [0, 0.1) is 6.92 Å². The van der Waals surface area contributed by atoms with E-state index in [0.29, 0.717) is 12.2 Å². The molecule has 0 saturated carbocycles. The van der Waals surface area contributed by atoms with Crippen LogP contribution >= 0.6 is 0 Å². The van der Waals surface area contributed by atoms with E-state index in [1.807, 2.05) is 49.4 Å². The zero-order chi connectivity index (χ0) is 18.4. The summed E-state index contributed by atoms with van der Waals surface area (Å²) in [7, 11) is 0. The Kier molecular flexibility index (Phi) is 5.53. The molecule has 26 heavy (non-hydrogen) atoms. The van der Waals surface area contributed by atoms with Gasteiger partial charge in [-0.1, -0.05) is 30.3 Å². The average Bonchev–Trinajstić information content (AvgIpc) is 2.65. The molecule has 3 aromatic rings. The Morgan fingerprint density at radius 1 is 1.08 bits per heavy atom. The van der Waals surface area contributed by atoms with Crippen molar-refractivity contribution in [1.82, 2.24) is 20.1 Å². The fourth-order valence-electron chi connectivity index (χ4n) is 2.52. The molecule has 0 aliphatic carbocycles. The van der Waals surface area contributed by atoms with Crippen molar-refractivity contribution in [1.29, 1.82) is 0 Å². The summed E-state index contributed by atoms with van der Waals surface area (Å²) in [6, 6.07) is 16.7. The summed E-state index contributed by atoms with van der Waals surface area (Å²) in [6.07, 6.45) is 2.44. The lowest BCUT2D eigenvalue weighted by Gasteiger charge is -2.08. The first-order valence-corrected chi connectivity index (χ1v) is 8.43. The molecule has 0 aliphatic heterocycles. The molecule has 1 amide bonds. The highest BCUT2D eigenvalue weighted by atomic mass is 16.2. The fourth-order valence-corrected chi connectivity index (χ4v) is 2.52. The maximum Gasteiger partial charge on any atom is 0.267 e. The van der Waals surface area contributed by atoms with Gasteiger partial charge in [0.1, 0.15) is 6.54 Å². The molecule has 3 rings (SSSR count). The number of hydrogen-bond acceptors (Lipinski definition) is 4. The molecule has 2 heterocycles. The second kappa shape index (κ2) is 8.20. The van der Waals surface area contributed by atoms with E-state index in [4.69, 9.17) is 0 Å². The summed E-state index contributed by atoms with van der Waals surface area (Å²) in [5, 5.41) is 7.10. The van der Waals surface area contributed by atoms with Gasteiger partial charge in [0.2, 0.25) is 5.91 Å².